The van der Waals surface area contributed by atoms with E-state index in [4.69, 9.17) is 0 Å². The molecule has 1 heterocycles. The molecule has 34 heavy (non-hydrogen) atoms. The Bertz CT molecular complexity index is 1250. The van der Waals surface area contributed by atoms with Crippen molar-refractivity contribution in [2.45, 2.75) is 33.7 Å². The first-order chi connectivity index (χ1) is 16.3. The van der Waals surface area contributed by atoms with Crippen LogP contribution in [0.5, 0.6) is 0 Å². The van der Waals surface area contributed by atoms with Gasteiger partial charge in [0.1, 0.15) is 0 Å². The van der Waals surface area contributed by atoms with Crippen molar-refractivity contribution in [2.24, 2.45) is 5.92 Å². The minimum Gasteiger partial charge on any atom is -0.348 e. The highest BCUT2D eigenvalue weighted by Crippen LogP contribution is 2.30. The number of hydrogen-bond donors (Lipinski definition) is 2. The van der Waals surface area contributed by atoms with Gasteiger partial charge in [-0.15, -0.1) is 0 Å². The highest BCUT2D eigenvalue weighted by atomic mass is 16.2. The summed E-state index contributed by atoms with van der Waals surface area (Å²) in [7, 11) is 0. The first-order valence-corrected chi connectivity index (χ1v) is 11.4. The fraction of sp³-hybridized carbons (Fsp3) is 0.250. The second kappa shape index (κ2) is 9.91. The number of nitrogens with zero attached hydrogens (tertiary/aromatic N) is 1. The van der Waals surface area contributed by atoms with E-state index in [1.54, 1.807) is 29.2 Å². The Hall–Kier alpha value is -3.93. The number of benzene rings is 3. The number of aryl methyl sites for hydroxylation is 2. The third kappa shape index (κ3) is 5.01. The molecule has 3 aromatic rings. The zero-order chi connectivity index (χ0) is 24.2. The zero-order valence-electron chi connectivity index (χ0n) is 19.7. The maximum atomic E-state index is 13.1. The van der Waals surface area contributed by atoms with Gasteiger partial charge in [-0.25, -0.2) is 0 Å². The molecule has 0 radical (unpaired) electrons. The number of amides is 3. The molecule has 0 saturated carbocycles. The molecule has 0 bridgehead atoms. The van der Waals surface area contributed by atoms with E-state index in [1.807, 2.05) is 63.2 Å². The van der Waals surface area contributed by atoms with Crippen LogP contribution < -0.4 is 15.5 Å². The summed E-state index contributed by atoms with van der Waals surface area (Å²) in [6.07, 6.45) is 0.140. The molecule has 1 atom stereocenters. The molecule has 6 nitrogen and oxygen atoms in total. The van der Waals surface area contributed by atoms with E-state index in [9.17, 15) is 14.4 Å². The van der Waals surface area contributed by atoms with Gasteiger partial charge in [-0.05, 0) is 55.7 Å². The van der Waals surface area contributed by atoms with E-state index in [1.165, 1.54) is 0 Å². The van der Waals surface area contributed by atoms with Crippen molar-refractivity contribution in [1.82, 2.24) is 5.32 Å². The Morgan fingerprint density at radius 1 is 0.971 bits per heavy atom. The first kappa shape index (κ1) is 23.2. The smallest absolute Gasteiger partial charge is 0.253 e. The van der Waals surface area contributed by atoms with Crippen LogP contribution >= 0.6 is 0 Å². The monoisotopic (exact) mass is 455 g/mol. The number of nitrogens with one attached hydrogen (secondary N) is 2. The lowest BCUT2D eigenvalue weighted by Crippen LogP contribution is -2.30. The van der Waals surface area contributed by atoms with E-state index in [2.05, 4.69) is 10.6 Å². The Balaban J connectivity index is 1.44. The molecule has 1 fully saturated rings. The highest BCUT2D eigenvalue weighted by molar-refractivity contribution is 6.07. The summed E-state index contributed by atoms with van der Waals surface area (Å²) in [4.78, 5) is 40.3. The van der Waals surface area contributed by atoms with Gasteiger partial charge in [0.15, 0.2) is 0 Å². The summed E-state index contributed by atoms with van der Waals surface area (Å²) >= 11 is 0. The van der Waals surface area contributed by atoms with Crippen LogP contribution in [0.4, 0.5) is 11.4 Å². The second-order valence-corrected chi connectivity index (χ2v) is 8.83. The summed E-state index contributed by atoms with van der Waals surface area (Å²) in [6, 6.07) is 20.7. The molecule has 0 aromatic heterocycles. The molecule has 3 aromatic carbocycles. The number of hydrogen-bond acceptors (Lipinski definition) is 3. The van der Waals surface area contributed by atoms with Crippen molar-refractivity contribution in [2.75, 3.05) is 16.8 Å². The molecule has 1 saturated heterocycles. The number of para-hydroxylation sites is 1. The van der Waals surface area contributed by atoms with Crippen LogP contribution in [0.15, 0.2) is 66.7 Å². The van der Waals surface area contributed by atoms with Crippen LogP contribution in [0.3, 0.4) is 0 Å². The van der Waals surface area contributed by atoms with Gasteiger partial charge in [0, 0.05) is 25.2 Å². The lowest BCUT2D eigenvalue weighted by atomic mass is 10.1. The number of carbonyl (C=O) groups is 3. The van der Waals surface area contributed by atoms with Gasteiger partial charge in [0.25, 0.3) is 5.91 Å². The van der Waals surface area contributed by atoms with Crippen LogP contribution in [-0.4, -0.2) is 24.3 Å². The predicted molar refractivity (Wildman–Crippen MR) is 134 cm³/mol. The Kier molecular flexibility index (Phi) is 6.77. The fourth-order valence-corrected chi connectivity index (χ4v) is 4.27. The van der Waals surface area contributed by atoms with E-state index in [0.717, 1.165) is 27.9 Å². The van der Waals surface area contributed by atoms with Crippen LogP contribution in [0.1, 0.15) is 39.0 Å². The molecule has 4 rings (SSSR count). The molecule has 0 spiro atoms. The van der Waals surface area contributed by atoms with Crippen molar-refractivity contribution in [3.05, 3.63) is 94.5 Å². The van der Waals surface area contributed by atoms with Crippen LogP contribution in [-0.2, 0) is 16.1 Å². The minimum atomic E-state index is -0.490. The van der Waals surface area contributed by atoms with Gasteiger partial charge in [0.2, 0.25) is 11.8 Å². The van der Waals surface area contributed by atoms with Crippen molar-refractivity contribution < 1.29 is 14.4 Å². The Labute approximate surface area is 200 Å². The summed E-state index contributed by atoms with van der Waals surface area (Å²) in [5.41, 5.74) is 5.94. The molecule has 6 heteroatoms. The number of rotatable bonds is 6. The zero-order valence-corrected chi connectivity index (χ0v) is 19.7. The fourth-order valence-electron chi connectivity index (χ4n) is 4.27. The molecule has 1 aliphatic rings. The van der Waals surface area contributed by atoms with Gasteiger partial charge >= 0.3 is 0 Å². The lowest BCUT2D eigenvalue weighted by Gasteiger charge is -2.20. The van der Waals surface area contributed by atoms with Crippen molar-refractivity contribution in [3.8, 4) is 0 Å². The molecular weight excluding hydrogens is 426 g/mol. The average molecular weight is 456 g/mol. The van der Waals surface area contributed by atoms with Crippen molar-refractivity contribution in [3.63, 3.8) is 0 Å². The lowest BCUT2D eigenvalue weighted by molar-refractivity contribution is -0.122. The van der Waals surface area contributed by atoms with E-state index in [-0.39, 0.29) is 24.1 Å². The molecule has 2 N–H and O–H groups in total. The van der Waals surface area contributed by atoms with Crippen molar-refractivity contribution >= 4 is 29.1 Å². The molecular formula is C28H29N3O3. The van der Waals surface area contributed by atoms with E-state index < -0.39 is 5.92 Å². The Morgan fingerprint density at radius 3 is 2.53 bits per heavy atom. The predicted octanol–water partition coefficient (Wildman–Crippen LogP) is 4.53. The van der Waals surface area contributed by atoms with Gasteiger partial charge in [-0.3, -0.25) is 14.4 Å². The maximum Gasteiger partial charge on any atom is 0.253 e. The highest BCUT2D eigenvalue weighted by Gasteiger charge is 2.36. The third-order valence-corrected chi connectivity index (χ3v) is 6.33. The molecule has 0 aliphatic carbocycles. The molecule has 0 unspecified atom stereocenters. The van der Waals surface area contributed by atoms with E-state index in [0.29, 0.717) is 24.3 Å². The Morgan fingerprint density at radius 2 is 1.74 bits per heavy atom. The summed E-state index contributed by atoms with van der Waals surface area (Å²) in [6.45, 7) is 6.70. The van der Waals surface area contributed by atoms with Gasteiger partial charge in [0.05, 0.1) is 17.2 Å². The van der Waals surface area contributed by atoms with Crippen LogP contribution in [0.2, 0.25) is 0 Å². The van der Waals surface area contributed by atoms with Crippen molar-refractivity contribution in [1.29, 1.82) is 0 Å². The summed E-state index contributed by atoms with van der Waals surface area (Å²) in [5, 5.41) is 5.80. The summed E-state index contributed by atoms with van der Waals surface area (Å²) in [5.74, 6) is -1.09. The quantitative estimate of drug-likeness (QED) is 0.573. The number of carbonyl (C=O) groups excluding carboxylic acids is 3. The largest absolute Gasteiger partial charge is 0.348 e. The van der Waals surface area contributed by atoms with Crippen LogP contribution in [0.25, 0.3) is 0 Å². The summed E-state index contributed by atoms with van der Waals surface area (Å²) < 4.78 is 0. The van der Waals surface area contributed by atoms with Gasteiger partial charge in [-0.1, -0.05) is 54.1 Å². The second-order valence-electron chi connectivity index (χ2n) is 8.83. The molecule has 1 aliphatic heterocycles. The normalized spacial score (nSPS) is 15.3. The first-order valence-electron chi connectivity index (χ1n) is 11.4. The molecule has 174 valence electrons. The molecule has 3 amide bonds. The standard InChI is InChI=1S/C28H29N3O3/c1-18-8-6-10-21(14-18)16-29-28(34)23-11-4-5-12-24(23)30-27(33)22-15-26(32)31(17-22)25-13-7-9-19(2)20(25)3/h4-14,22H,15-17H2,1-3H3,(H,29,34)(H,30,33)/t22-/m0/s1. The van der Waals surface area contributed by atoms with Gasteiger partial charge < -0.3 is 15.5 Å². The maximum absolute atomic E-state index is 13.1. The minimum absolute atomic E-state index is 0.0713. The SMILES string of the molecule is Cc1cccc(CNC(=O)c2ccccc2NC(=O)[C@H]2CC(=O)N(c3cccc(C)c3C)C2)c1. The van der Waals surface area contributed by atoms with E-state index >= 15 is 0 Å². The number of anilines is 2. The van der Waals surface area contributed by atoms with Gasteiger partial charge in [-0.2, -0.15) is 0 Å². The van der Waals surface area contributed by atoms with Crippen LogP contribution in [0, 0.1) is 26.7 Å². The topological polar surface area (TPSA) is 78.5 Å². The third-order valence-electron chi connectivity index (χ3n) is 6.33. The average Bonchev–Trinajstić information content (AvgIpc) is 3.21.